The van der Waals surface area contributed by atoms with E-state index < -0.39 is 0 Å². The number of thiophene rings is 1. The van der Waals surface area contributed by atoms with Crippen molar-refractivity contribution in [1.29, 1.82) is 0 Å². The maximum absolute atomic E-state index is 2.42. The van der Waals surface area contributed by atoms with E-state index in [2.05, 4.69) is 69.6 Å². The highest BCUT2D eigenvalue weighted by Crippen LogP contribution is 2.39. The summed E-state index contributed by atoms with van der Waals surface area (Å²) in [6.45, 7) is 0. The van der Waals surface area contributed by atoms with Gasteiger partial charge in [0.05, 0.1) is 2.88 Å². The fourth-order valence-corrected chi connectivity index (χ4v) is 5.88. The maximum Gasteiger partial charge on any atom is 0.0802 e. The molecule has 0 aliphatic carbocycles. The molecule has 1 aromatic heterocycles. The molecule has 0 aliphatic heterocycles. The first-order valence-corrected chi connectivity index (χ1v) is 7.84. The summed E-state index contributed by atoms with van der Waals surface area (Å²) in [6, 6.07) is 6.50. The van der Waals surface area contributed by atoms with E-state index >= 15 is 0 Å². The molecule has 0 radical (unpaired) electrons. The van der Waals surface area contributed by atoms with Gasteiger partial charge in [-0.05, 0) is 63.6 Å². The quantitative estimate of drug-likeness (QED) is 0.460. The highest BCUT2D eigenvalue weighted by atomic mass is 127. The average Bonchev–Trinajstić information content (AvgIpc) is 2.42. The van der Waals surface area contributed by atoms with E-state index in [4.69, 9.17) is 0 Å². The molecule has 0 N–H and O–H groups in total. The number of halogens is 2. The lowest BCUT2D eigenvalue weighted by atomic mass is 10.3. The predicted molar refractivity (Wildman–Crippen MR) is 79.0 cm³/mol. The van der Waals surface area contributed by atoms with Crippen LogP contribution in [-0.4, -0.2) is 6.26 Å². The second-order valence-corrected chi connectivity index (χ2v) is 7.36. The number of fused-ring (bicyclic) bond motifs is 1. The molecule has 0 nitrogen and oxygen atoms in total. The third-order valence-electron chi connectivity index (χ3n) is 1.78. The van der Waals surface area contributed by atoms with Gasteiger partial charge in [-0.3, -0.25) is 0 Å². The van der Waals surface area contributed by atoms with Crippen LogP contribution in [0.3, 0.4) is 0 Å². The Morgan fingerprint density at radius 3 is 2.77 bits per heavy atom. The first-order chi connectivity index (χ1) is 6.24. The van der Waals surface area contributed by atoms with Gasteiger partial charge in [0.1, 0.15) is 0 Å². The fraction of sp³-hybridized carbons (Fsp3) is 0.111. The van der Waals surface area contributed by atoms with Crippen molar-refractivity contribution in [2.75, 3.05) is 6.26 Å². The van der Waals surface area contributed by atoms with Gasteiger partial charge in [0.15, 0.2) is 0 Å². The summed E-state index contributed by atoms with van der Waals surface area (Å²) in [6.07, 6.45) is 2.15. The zero-order valence-electron chi connectivity index (χ0n) is 6.80. The van der Waals surface area contributed by atoms with Gasteiger partial charge in [0.25, 0.3) is 0 Å². The number of thioether (sulfide) groups is 1. The molecule has 4 heteroatoms. The minimum atomic E-state index is 1.36. The maximum atomic E-state index is 2.42. The highest BCUT2D eigenvalue weighted by Gasteiger charge is 2.10. The Labute approximate surface area is 113 Å². The van der Waals surface area contributed by atoms with Crippen LogP contribution in [0.1, 0.15) is 0 Å². The van der Waals surface area contributed by atoms with Crippen molar-refractivity contribution in [2.24, 2.45) is 0 Å². The molecule has 1 aromatic carbocycles. The second kappa shape index (κ2) is 4.24. The topological polar surface area (TPSA) is 0 Å². The Kier molecular flexibility index (Phi) is 3.43. The van der Waals surface area contributed by atoms with E-state index in [-0.39, 0.29) is 0 Å². The molecule has 0 spiro atoms. The average molecular weight is 432 g/mol. The molecule has 0 atom stereocenters. The number of hydrogen-bond donors (Lipinski definition) is 0. The minimum absolute atomic E-state index is 1.36. The molecular weight excluding hydrogens is 426 g/mol. The standard InChI is InChI=1S/C9H6I2S2/c1-12-8-7-5(10)3-2-4-6(7)13-9(8)11/h2-4H,1H3. The van der Waals surface area contributed by atoms with Gasteiger partial charge in [-0.2, -0.15) is 0 Å². The summed E-state index contributed by atoms with van der Waals surface area (Å²) in [5.41, 5.74) is 0. The van der Waals surface area contributed by atoms with E-state index in [1.54, 1.807) is 0 Å². The third kappa shape index (κ3) is 1.87. The first-order valence-electron chi connectivity index (χ1n) is 3.64. The van der Waals surface area contributed by atoms with E-state index in [0.717, 1.165) is 0 Å². The molecule has 68 valence electrons. The first kappa shape index (κ1) is 10.5. The predicted octanol–water partition coefficient (Wildman–Crippen LogP) is 4.83. The summed E-state index contributed by atoms with van der Waals surface area (Å²) < 4.78 is 4.17. The molecule has 2 aromatic rings. The summed E-state index contributed by atoms with van der Waals surface area (Å²) >= 11 is 8.56. The fourth-order valence-electron chi connectivity index (χ4n) is 1.23. The van der Waals surface area contributed by atoms with Crippen LogP contribution in [0.5, 0.6) is 0 Å². The molecule has 0 bridgehead atoms. The van der Waals surface area contributed by atoms with E-state index in [9.17, 15) is 0 Å². The SMILES string of the molecule is CSc1c(I)sc2cccc(I)c12. The number of hydrogen-bond acceptors (Lipinski definition) is 2. The summed E-state index contributed by atoms with van der Waals surface area (Å²) in [5.74, 6) is 0. The van der Waals surface area contributed by atoms with Crippen molar-refractivity contribution < 1.29 is 0 Å². The molecule has 0 fully saturated rings. The van der Waals surface area contributed by atoms with Gasteiger partial charge in [-0.1, -0.05) is 6.07 Å². The zero-order valence-corrected chi connectivity index (χ0v) is 12.8. The van der Waals surface area contributed by atoms with E-state index in [1.807, 2.05) is 23.1 Å². The van der Waals surface area contributed by atoms with Crippen molar-refractivity contribution in [3.8, 4) is 0 Å². The lowest BCUT2D eigenvalue weighted by Gasteiger charge is -1.97. The van der Waals surface area contributed by atoms with Gasteiger partial charge in [0.2, 0.25) is 0 Å². The molecule has 2 rings (SSSR count). The Morgan fingerprint density at radius 2 is 2.08 bits per heavy atom. The van der Waals surface area contributed by atoms with Gasteiger partial charge in [-0.15, -0.1) is 23.1 Å². The lowest BCUT2D eigenvalue weighted by molar-refractivity contribution is 1.59. The largest absolute Gasteiger partial charge is 0.128 e. The van der Waals surface area contributed by atoms with Crippen LogP contribution in [0.4, 0.5) is 0 Å². The van der Waals surface area contributed by atoms with Crippen LogP contribution in [-0.2, 0) is 0 Å². The van der Waals surface area contributed by atoms with E-state index in [0.29, 0.717) is 0 Å². The smallest absolute Gasteiger partial charge is 0.0802 e. The molecule has 0 unspecified atom stereocenters. The van der Waals surface area contributed by atoms with Gasteiger partial charge >= 0.3 is 0 Å². The van der Waals surface area contributed by atoms with Gasteiger partial charge < -0.3 is 0 Å². The van der Waals surface area contributed by atoms with E-state index in [1.165, 1.54) is 21.4 Å². The van der Waals surface area contributed by atoms with Crippen molar-refractivity contribution in [3.05, 3.63) is 24.7 Å². The molecule has 0 saturated heterocycles. The van der Waals surface area contributed by atoms with Crippen molar-refractivity contribution in [3.63, 3.8) is 0 Å². The molecule has 0 amide bonds. The van der Waals surface area contributed by atoms with Crippen LogP contribution in [0.15, 0.2) is 23.1 Å². The summed E-state index contributed by atoms with van der Waals surface area (Å²) in [5, 5.41) is 1.44. The normalized spacial score (nSPS) is 11.0. The summed E-state index contributed by atoms with van der Waals surface area (Å²) in [4.78, 5) is 1.44. The molecule has 0 aliphatic rings. The molecule has 1 heterocycles. The lowest BCUT2D eigenvalue weighted by Crippen LogP contribution is -1.74. The Hall–Kier alpha value is 0.990. The van der Waals surface area contributed by atoms with Crippen LogP contribution in [0, 0.1) is 6.45 Å². The molecule has 13 heavy (non-hydrogen) atoms. The van der Waals surface area contributed by atoms with Crippen molar-refractivity contribution in [2.45, 2.75) is 4.90 Å². The Morgan fingerprint density at radius 1 is 1.31 bits per heavy atom. The van der Waals surface area contributed by atoms with Crippen LogP contribution >= 0.6 is 68.3 Å². The van der Waals surface area contributed by atoms with Crippen LogP contribution < -0.4 is 0 Å². The Balaban J connectivity index is 2.88. The highest BCUT2D eigenvalue weighted by molar-refractivity contribution is 14.1. The summed E-state index contributed by atoms with van der Waals surface area (Å²) in [7, 11) is 0. The van der Waals surface area contributed by atoms with Crippen LogP contribution in [0.25, 0.3) is 10.1 Å². The van der Waals surface area contributed by atoms with Gasteiger partial charge in [-0.25, -0.2) is 0 Å². The molecular formula is C9H6I2S2. The number of benzene rings is 1. The molecule has 0 saturated carbocycles. The minimum Gasteiger partial charge on any atom is -0.128 e. The number of rotatable bonds is 1. The van der Waals surface area contributed by atoms with Crippen LogP contribution in [0.2, 0.25) is 0 Å². The van der Waals surface area contributed by atoms with Gasteiger partial charge in [0, 0.05) is 18.6 Å². The van der Waals surface area contributed by atoms with Crippen molar-refractivity contribution in [1.82, 2.24) is 0 Å². The second-order valence-electron chi connectivity index (χ2n) is 2.52. The Bertz CT molecular complexity index is 448. The van der Waals surface area contributed by atoms with Crippen molar-refractivity contribution >= 4 is 78.4 Å². The monoisotopic (exact) mass is 432 g/mol. The zero-order chi connectivity index (χ0) is 9.42. The third-order valence-corrected chi connectivity index (χ3v) is 6.14.